The summed E-state index contributed by atoms with van der Waals surface area (Å²) >= 11 is 3.41. The number of aliphatic hydroxyl groups excluding tert-OH is 1. The summed E-state index contributed by atoms with van der Waals surface area (Å²) in [6.07, 6.45) is -0.558. The SMILES string of the molecule is Cc1cccc(C(O)c2cccc(Br)c2)c1. The fraction of sp³-hybridized carbons (Fsp3) is 0.143. The summed E-state index contributed by atoms with van der Waals surface area (Å²) in [6, 6.07) is 15.7. The van der Waals surface area contributed by atoms with Crippen LogP contribution in [0.1, 0.15) is 22.8 Å². The first-order valence-corrected chi connectivity index (χ1v) is 5.96. The van der Waals surface area contributed by atoms with E-state index in [0.29, 0.717) is 0 Å². The molecule has 1 unspecified atom stereocenters. The summed E-state index contributed by atoms with van der Waals surface area (Å²) in [4.78, 5) is 0. The molecule has 2 aromatic carbocycles. The Kier molecular flexibility index (Phi) is 3.42. The third-order valence-electron chi connectivity index (χ3n) is 2.52. The van der Waals surface area contributed by atoms with Crippen LogP contribution in [-0.4, -0.2) is 5.11 Å². The standard InChI is InChI=1S/C14H13BrO/c1-10-4-2-5-11(8-10)14(16)12-6-3-7-13(15)9-12/h2-9,14,16H,1H3. The Morgan fingerprint density at radius 2 is 1.62 bits per heavy atom. The summed E-state index contributed by atoms with van der Waals surface area (Å²) in [7, 11) is 0. The first-order valence-electron chi connectivity index (χ1n) is 5.17. The van der Waals surface area contributed by atoms with Crippen LogP contribution in [0.3, 0.4) is 0 Å². The van der Waals surface area contributed by atoms with E-state index >= 15 is 0 Å². The van der Waals surface area contributed by atoms with Crippen LogP contribution in [0.5, 0.6) is 0 Å². The minimum absolute atomic E-state index is 0.558. The minimum Gasteiger partial charge on any atom is -0.384 e. The van der Waals surface area contributed by atoms with Gasteiger partial charge in [-0.3, -0.25) is 0 Å². The van der Waals surface area contributed by atoms with E-state index in [-0.39, 0.29) is 0 Å². The predicted octanol–water partition coefficient (Wildman–Crippen LogP) is 3.84. The maximum absolute atomic E-state index is 10.2. The summed E-state index contributed by atoms with van der Waals surface area (Å²) in [5.74, 6) is 0. The van der Waals surface area contributed by atoms with E-state index in [9.17, 15) is 5.11 Å². The Morgan fingerprint density at radius 3 is 2.25 bits per heavy atom. The Labute approximate surface area is 104 Å². The second kappa shape index (κ2) is 4.81. The van der Waals surface area contributed by atoms with Crippen molar-refractivity contribution in [2.75, 3.05) is 0 Å². The van der Waals surface area contributed by atoms with Gasteiger partial charge in [-0.2, -0.15) is 0 Å². The lowest BCUT2D eigenvalue weighted by Crippen LogP contribution is -1.99. The normalized spacial score (nSPS) is 12.4. The molecule has 0 bridgehead atoms. The molecule has 1 N–H and O–H groups in total. The van der Waals surface area contributed by atoms with Crippen LogP contribution in [0, 0.1) is 6.92 Å². The molecule has 0 radical (unpaired) electrons. The topological polar surface area (TPSA) is 20.2 Å². The van der Waals surface area contributed by atoms with Gasteiger partial charge >= 0.3 is 0 Å². The zero-order valence-electron chi connectivity index (χ0n) is 9.02. The quantitative estimate of drug-likeness (QED) is 0.884. The summed E-state index contributed by atoms with van der Waals surface area (Å²) < 4.78 is 0.983. The van der Waals surface area contributed by atoms with Crippen molar-refractivity contribution < 1.29 is 5.11 Å². The molecule has 82 valence electrons. The molecule has 0 fully saturated rings. The summed E-state index contributed by atoms with van der Waals surface area (Å²) in [5.41, 5.74) is 2.99. The molecule has 0 saturated heterocycles. The summed E-state index contributed by atoms with van der Waals surface area (Å²) in [5, 5.41) is 10.2. The van der Waals surface area contributed by atoms with Gasteiger partial charge in [-0.1, -0.05) is 57.9 Å². The fourth-order valence-corrected chi connectivity index (χ4v) is 2.13. The van der Waals surface area contributed by atoms with Gasteiger partial charge in [-0.05, 0) is 30.2 Å². The summed E-state index contributed by atoms with van der Waals surface area (Å²) in [6.45, 7) is 2.02. The lowest BCUT2D eigenvalue weighted by atomic mass is 10.0. The van der Waals surface area contributed by atoms with Crippen molar-refractivity contribution >= 4 is 15.9 Å². The highest BCUT2D eigenvalue weighted by molar-refractivity contribution is 9.10. The minimum atomic E-state index is -0.558. The van der Waals surface area contributed by atoms with Gasteiger partial charge in [0.05, 0.1) is 0 Å². The number of halogens is 1. The van der Waals surface area contributed by atoms with Crippen molar-refractivity contribution in [2.24, 2.45) is 0 Å². The highest BCUT2D eigenvalue weighted by Gasteiger charge is 2.10. The first-order chi connectivity index (χ1) is 7.66. The predicted molar refractivity (Wildman–Crippen MR) is 69.4 cm³/mol. The molecule has 0 aliphatic carbocycles. The van der Waals surface area contributed by atoms with Crippen LogP contribution in [0.25, 0.3) is 0 Å². The highest BCUT2D eigenvalue weighted by atomic mass is 79.9. The maximum Gasteiger partial charge on any atom is 0.104 e. The molecule has 0 heterocycles. The molecule has 16 heavy (non-hydrogen) atoms. The largest absolute Gasteiger partial charge is 0.384 e. The van der Waals surface area contributed by atoms with Gasteiger partial charge in [0, 0.05) is 4.47 Å². The van der Waals surface area contributed by atoms with Gasteiger partial charge in [-0.25, -0.2) is 0 Å². The zero-order valence-corrected chi connectivity index (χ0v) is 10.6. The van der Waals surface area contributed by atoms with Gasteiger partial charge in [-0.15, -0.1) is 0 Å². The van der Waals surface area contributed by atoms with Crippen LogP contribution in [0.4, 0.5) is 0 Å². The van der Waals surface area contributed by atoms with Gasteiger partial charge < -0.3 is 5.11 Å². The van der Waals surface area contributed by atoms with Crippen LogP contribution in [0.15, 0.2) is 53.0 Å². The third-order valence-corrected chi connectivity index (χ3v) is 3.02. The number of hydrogen-bond donors (Lipinski definition) is 1. The Balaban J connectivity index is 2.35. The van der Waals surface area contributed by atoms with Crippen molar-refractivity contribution in [1.29, 1.82) is 0 Å². The molecular weight excluding hydrogens is 264 g/mol. The highest BCUT2D eigenvalue weighted by Crippen LogP contribution is 2.24. The Morgan fingerprint density at radius 1 is 1.00 bits per heavy atom. The molecule has 1 atom stereocenters. The van der Waals surface area contributed by atoms with Crippen molar-refractivity contribution in [2.45, 2.75) is 13.0 Å². The van der Waals surface area contributed by atoms with Crippen molar-refractivity contribution in [3.8, 4) is 0 Å². The van der Waals surface area contributed by atoms with E-state index in [2.05, 4.69) is 15.9 Å². The molecule has 0 aliphatic rings. The fourth-order valence-electron chi connectivity index (χ4n) is 1.71. The van der Waals surface area contributed by atoms with E-state index in [0.717, 1.165) is 21.2 Å². The number of hydrogen-bond acceptors (Lipinski definition) is 1. The van der Waals surface area contributed by atoms with Gasteiger partial charge in [0.1, 0.15) is 6.10 Å². The van der Waals surface area contributed by atoms with E-state index in [1.54, 1.807) is 0 Å². The molecule has 0 aromatic heterocycles. The van der Waals surface area contributed by atoms with E-state index < -0.39 is 6.10 Å². The van der Waals surface area contributed by atoms with Crippen LogP contribution in [-0.2, 0) is 0 Å². The van der Waals surface area contributed by atoms with Crippen LogP contribution < -0.4 is 0 Å². The van der Waals surface area contributed by atoms with Crippen LogP contribution >= 0.6 is 15.9 Å². The van der Waals surface area contributed by atoms with Crippen molar-refractivity contribution in [1.82, 2.24) is 0 Å². The molecule has 1 nitrogen and oxygen atoms in total. The number of benzene rings is 2. The van der Waals surface area contributed by atoms with Crippen molar-refractivity contribution in [3.05, 3.63) is 69.7 Å². The van der Waals surface area contributed by atoms with Crippen LogP contribution in [0.2, 0.25) is 0 Å². The molecule has 2 aromatic rings. The number of aryl methyl sites for hydroxylation is 1. The molecule has 0 spiro atoms. The molecule has 2 rings (SSSR count). The number of rotatable bonds is 2. The first kappa shape index (κ1) is 11.4. The van der Waals surface area contributed by atoms with Gasteiger partial charge in [0.15, 0.2) is 0 Å². The van der Waals surface area contributed by atoms with Gasteiger partial charge in [0.2, 0.25) is 0 Å². The monoisotopic (exact) mass is 276 g/mol. The lowest BCUT2D eigenvalue weighted by molar-refractivity contribution is 0.220. The average Bonchev–Trinajstić information content (AvgIpc) is 2.28. The molecule has 0 aliphatic heterocycles. The Bertz CT molecular complexity index is 448. The maximum atomic E-state index is 10.2. The molecular formula is C14H13BrO. The second-order valence-corrected chi connectivity index (χ2v) is 4.79. The van der Waals surface area contributed by atoms with Gasteiger partial charge in [0.25, 0.3) is 0 Å². The third kappa shape index (κ3) is 2.52. The van der Waals surface area contributed by atoms with E-state index in [4.69, 9.17) is 0 Å². The lowest BCUT2D eigenvalue weighted by Gasteiger charge is -2.12. The second-order valence-electron chi connectivity index (χ2n) is 3.87. The molecule has 0 amide bonds. The Hall–Kier alpha value is -1.12. The molecule has 0 saturated carbocycles. The zero-order chi connectivity index (χ0) is 11.5. The average molecular weight is 277 g/mol. The molecule has 2 heteroatoms. The smallest absolute Gasteiger partial charge is 0.104 e. The van der Waals surface area contributed by atoms with E-state index in [1.807, 2.05) is 55.5 Å². The van der Waals surface area contributed by atoms with Crippen molar-refractivity contribution in [3.63, 3.8) is 0 Å². The number of aliphatic hydroxyl groups is 1. The van der Waals surface area contributed by atoms with E-state index in [1.165, 1.54) is 0 Å².